The summed E-state index contributed by atoms with van der Waals surface area (Å²) in [5.74, 6) is 1.40. The third-order valence-corrected chi connectivity index (χ3v) is 6.13. The molecule has 2 aromatic rings. The van der Waals surface area contributed by atoms with Crippen LogP contribution >= 0.6 is 0 Å². The maximum absolute atomic E-state index is 13.4. The Balaban J connectivity index is 1.92. The van der Waals surface area contributed by atoms with Crippen LogP contribution in [0.25, 0.3) is 0 Å². The molecule has 0 saturated carbocycles. The second-order valence-corrected chi connectivity index (χ2v) is 9.57. The summed E-state index contributed by atoms with van der Waals surface area (Å²) >= 11 is 0. The van der Waals surface area contributed by atoms with Crippen molar-refractivity contribution in [3.8, 4) is 17.2 Å². The lowest BCUT2D eigenvalue weighted by Crippen LogP contribution is -2.33. The third-order valence-electron chi connectivity index (χ3n) is 6.13. The van der Waals surface area contributed by atoms with Crippen LogP contribution in [0.2, 0.25) is 0 Å². The molecular formula is C27H37N3O5. The van der Waals surface area contributed by atoms with Crippen molar-refractivity contribution in [2.24, 2.45) is 5.73 Å². The van der Waals surface area contributed by atoms with Gasteiger partial charge in [-0.2, -0.15) is 0 Å². The molecule has 1 aliphatic rings. The molecule has 2 aromatic carbocycles. The predicted molar refractivity (Wildman–Crippen MR) is 136 cm³/mol. The summed E-state index contributed by atoms with van der Waals surface area (Å²) < 4.78 is 17.2. The van der Waals surface area contributed by atoms with Gasteiger partial charge >= 0.3 is 0 Å². The van der Waals surface area contributed by atoms with E-state index in [1.807, 2.05) is 30.9 Å². The molecule has 3 N–H and O–H groups in total. The molecule has 3 rings (SSSR count). The van der Waals surface area contributed by atoms with E-state index in [0.717, 1.165) is 16.7 Å². The van der Waals surface area contributed by atoms with Gasteiger partial charge in [-0.15, -0.1) is 0 Å². The summed E-state index contributed by atoms with van der Waals surface area (Å²) in [7, 11) is 3.19. The minimum Gasteiger partial charge on any atom is -0.493 e. The Morgan fingerprint density at radius 2 is 1.74 bits per heavy atom. The monoisotopic (exact) mass is 483 g/mol. The van der Waals surface area contributed by atoms with E-state index in [1.165, 1.54) is 0 Å². The first-order valence-electron chi connectivity index (χ1n) is 11.9. The van der Waals surface area contributed by atoms with Crippen LogP contribution in [0.3, 0.4) is 0 Å². The van der Waals surface area contributed by atoms with Crippen LogP contribution in [0.4, 0.5) is 0 Å². The number of benzene rings is 2. The minimum absolute atomic E-state index is 0.0704. The molecule has 1 aliphatic heterocycles. The first-order valence-corrected chi connectivity index (χ1v) is 11.9. The summed E-state index contributed by atoms with van der Waals surface area (Å²) in [6, 6.07) is 7.25. The first kappa shape index (κ1) is 26.5. The van der Waals surface area contributed by atoms with Crippen molar-refractivity contribution >= 4 is 11.7 Å². The lowest BCUT2D eigenvalue weighted by atomic mass is 9.84. The maximum Gasteiger partial charge on any atom is 0.254 e. The molecule has 8 nitrogen and oxygen atoms in total. The molecule has 1 amide bonds. The number of fused-ring (bicyclic) bond motifs is 1. The number of carbonyl (C=O) groups is 2. The molecule has 0 bridgehead atoms. The van der Waals surface area contributed by atoms with Crippen LogP contribution in [0.15, 0.2) is 24.3 Å². The topological polar surface area (TPSA) is 103 Å². The number of hydrogen-bond donors (Lipinski definition) is 2. The Bertz CT molecular complexity index is 1110. The third kappa shape index (κ3) is 5.44. The predicted octanol–water partition coefficient (Wildman–Crippen LogP) is 3.81. The fourth-order valence-corrected chi connectivity index (χ4v) is 4.38. The van der Waals surface area contributed by atoms with Gasteiger partial charge in [0.25, 0.3) is 5.91 Å². The van der Waals surface area contributed by atoms with Crippen molar-refractivity contribution in [1.82, 2.24) is 10.2 Å². The van der Waals surface area contributed by atoms with Gasteiger partial charge in [0.1, 0.15) is 5.75 Å². The van der Waals surface area contributed by atoms with Crippen LogP contribution in [0.1, 0.15) is 78.2 Å². The molecule has 8 heteroatoms. The van der Waals surface area contributed by atoms with Gasteiger partial charge in [0, 0.05) is 24.7 Å². The van der Waals surface area contributed by atoms with Gasteiger partial charge in [0.15, 0.2) is 17.3 Å². The van der Waals surface area contributed by atoms with Crippen LogP contribution in [0.5, 0.6) is 17.2 Å². The number of rotatable bonds is 9. The molecule has 0 radical (unpaired) electrons. The zero-order valence-corrected chi connectivity index (χ0v) is 21.8. The Morgan fingerprint density at radius 1 is 1.09 bits per heavy atom. The highest BCUT2D eigenvalue weighted by Gasteiger charge is 2.32. The van der Waals surface area contributed by atoms with E-state index in [9.17, 15) is 9.59 Å². The van der Waals surface area contributed by atoms with Gasteiger partial charge in [0.05, 0.1) is 38.6 Å². The highest BCUT2D eigenvalue weighted by atomic mass is 16.5. The quantitative estimate of drug-likeness (QED) is 0.523. The first-order chi connectivity index (χ1) is 16.5. The molecule has 1 atom stereocenters. The SMILES string of the molecule is CCOc1cc2c(cc1C(=O)NC)C(N)N(CC(=O)c1cc(OCC)c(OC)c(C(C)(C)C)c1)C2. The molecule has 1 heterocycles. The zero-order valence-electron chi connectivity index (χ0n) is 21.8. The van der Waals surface area contributed by atoms with Crippen LogP contribution < -0.4 is 25.3 Å². The van der Waals surface area contributed by atoms with Crippen molar-refractivity contribution in [3.63, 3.8) is 0 Å². The molecule has 35 heavy (non-hydrogen) atoms. The van der Waals surface area contributed by atoms with Gasteiger partial charge in [-0.05, 0) is 54.7 Å². The molecular weight excluding hydrogens is 446 g/mol. The Kier molecular flexibility index (Phi) is 8.07. The highest BCUT2D eigenvalue weighted by molar-refractivity contribution is 5.99. The van der Waals surface area contributed by atoms with Crippen molar-refractivity contribution in [2.45, 2.75) is 52.7 Å². The Morgan fingerprint density at radius 3 is 2.31 bits per heavy atom. The Labute approximate surface area is 207 Å². The van der Waals surface area contributed by atoms with Gasteiger partial charge in [-0.1, -0.05) is 20.8 Å². The second kappa shape index (κ2) is 10.7. The van der Waals surface area contributed by atoms with E-state index in [2.05, 4.69) is 26.1 Å². The number of nitrogens with two attached hydrogens (primary N) is 1. The number of ketones is 1. The largest absolute Gasteiger partial charge is 0.493 e. The van der Waals surface area contributed by atoms with E-state index in [-0.39, 0.29) is 23.7 Å². The summed E-state index contributed by atoms with van der Waals surface area (Å²) in [6.45, 7) is 11.5. The molecule has 0 fully saturated rings. The number of ether oxygens (including phenoxy) is 3. The Hall–Kier alpha value is -3.10. The average molecular weight is 484 g/mol. The summed E-state index contributed by atoms with van der Waals surface area (Å²) in [6.07, 6.45) is -0.514. The average Bonchev–Trinajstić information content (AvgIpc) is 3.11. The van der Waals surface area contributed by atoms with Crippen LogP contribution in [-0.4, -0.2) is 50.5 Å². The zero-order chi connectivity index (χ0) is 25.9. The molecule has 190 valence electrons. The van der Waals surface area contributed by atoms with Gasteiger partial charge in [-0.3, -0.25) is 14.5 Å². The standard InChI is InChI=1S/C27H37N3O5/c1-8-34-22-12-17-14-30(25(28)18(17)13-19(22)26(32)29-6)15-21(31)16-10-20(27(3,4)5)24(33-7)23(11-16)35-9-2/h10-13,25H,8-9,14-15,28H2,1-7H3,(H,29,32). The van der Waals surface area contributed by atoms with E-state index >= 15 is 0 Å². The van der Waals surface area contributed by atoms with Crippen molar-refractivity contribution in [3.05, 3.63) is 52.1 Å². The van der Waals surface area contributed by atoms with Crippen molar-refractivity contribution in [1.29, 1.82) is 0 Å². The van der Waals surface area contributed by atoms with Crippen LogP contribution in [0, 0.1) is 0 Å². The maximum atomic E-state index is 13.4. The number of Topliss-reactive ketones (excluding diaryl/α,β-unsaturated/α-hetero) is 1. The number of nitrogens with zero attached hydrogens (tertiary/aromatic N) is 1. The van der Waals surface area contributed by atoms with E-state index in [0.29, 0.717) is 48.1 Å². The number of methoxy groups -OCH3 is 1. The smallest absolute Gasteiger partial charge is 0.254 e. The molecule has 0 spiro atoms. The fourth-order valence-electron chi connectivity index (χ4n) is 4.38. The summed E-state index contributed by atoms with van der Waals surface area (Å²) in [5.41, 5.74) is 9.93. The van der Waals surface area contributed by atoms with E-state index < -0.39 is 6.17 Å². The van der Waals surface area contributed by atoms with Gasteiger partial charge in [0.2, 0.25) is 0 Å². The number of amides is 1. The van der Waals surface area contributed by atoms with Crippen molar-refractivity contribution in [2.75, 3.05) is 33.9 Å². The van der Waals surface area contributed by atoms with E-state index in [1.54, 1.807) is 26.3 Å². The summed E-state index contributed by atoms with van der Waals surface area (Å²) in [4.78, 5) is 27.7. The summed E-state index contributed by atoms with van der Waals surface area (Å²) in [5, 5.41) is 2.64. The van der Waals surface area contributed by atoms with Crippen molar-refractivity contribution < 1.29 is 23.8 Å². The normalized spacial score (nSPS) is 15.5. The lowest BCUT2D eigenvalue weighted by Gasteiger charge is -2.25. The molecule has 0 saturated heterocycles. The fraction of sp³-hybridized carbons (Fsp3) is 0.481. The van der Waals surface area contributed by atoms with Gasteiger partial charge < -0.3 is 25.3 Å². The number of hydrogen-bond acceptors (Lipinski definition) is 7. The second-order valence-electron chi connectivity index (χ2n) is 9.57. The highest BCUT2D eigenvalue weighted by Crippen LogP contribution is 2.40. The van der Waals surface area contributed by atoms with Gasteiger partial charge in [-0.25, -0.2) is 0 Å². The van der Waals surface area contributed by atoms with E-state index in [4.69, 9.17) is 19.9 Å². The number of carbonyl (C=O) groups excluding carboxylic acids is 2. The molecule has 0 aliphatic carbocycles. The molecule has 1 unspecified atom stereocenters. The van der Waals surface area contributed by atoms with Crippen LogP contribution in [-0.2, 0) is 12.0 Å². The number of nitrogens with one attached hydrogen (secondary N) is 1. The molecule has 0 aromatic heterocycles. The minimum atomic E-state index is -0.514. The lowest BCUT2D eigenvalue weighted by molar-refractivity contribution is 0.0899.